The van der Waals surface area contributed by atoms with Gasteiger partial charge in [-0.3, -0.25) is 4.79 Å². The van der Waals surface area contributed by atoms with E-state index in [-0.39, 0.29) is 23.2 Å². The summed E-state index contributed by atoms with van der Waals surface area (Å²) in [5.74, 6) is -0.0971. The molecule has 2 aromatic heterocycles. The molecule has 0 aliphatic rings. The van der Waals surface area contributed by atoms with Crippen molar-refractivity contribution >= 4 is 23.2 Å². The molecule has 1 amide bonds. The van der Waals surface area contributed by atoms with Gasteiger partial charge in [0.2, 0.25) is 5.01 Å². The van der Waals surface area contributed by atoms with Gasteiger partial charge in [-0.1, -0.05) is 0 Å². The summed E-state index contributed by atoms with van der Waals surface area (Å²) in [6.07, 6.45) is 3.31. The maximum Gasteiger partial charge on any atom is 0.367 e. The number of amides is 1. The third-order valence-corrected chi connectivity index (χ3v) is 3.28. The Morgan fingerprint density at radius 2 is 2.30 bits per heavy atom. The van der Waals surface area contributed by atoms with Crippen LogP contribution in [0.1, 0.15) is 33.0 Å². The SMILES string of the molecule is CCOC(=O)c1nc(C(=O)N(C)Cc2ncc[nH]2)cs1. The van der Waals surface area contributed by atoms with Crippen LogP contribution in [0.25, 0.3) is 0 Å². The molecule has 2 rings (SSSR count). The third kappa shape index (κ3) is 3.21. The average Bonchev–Trinajstić information content (AvgIpc) is 3.09. The van der Waals surface area contributed by atoms with Crippen LogP contribution < -0.4 is 0 Å². The van der Waals surface area contributed by atoms with E-state index in [4.69, 9.17) is 4.74 Å². The zero-order chi connectivity index (χ0) is 14.5. The Labute approximate surface area is 119 Å². The largest absolute Gasteiger partial charge is 0.461 e. The normalized spacial score (nSPS) is 10.3. The lowest BCUT2D eigenvalue weighted by molar-refractivity contribution is 0.0526. The monoisotopic (exact) mass is 294 g/mol. The van der Waals surface area contributed by atoms with Crippen molar-refractivity contribution in [2.75, 3.05) is 13.7 Å². The van der Waals surface area contributed by atoms with E-state index in [0.717, 1.165) is 11.3 Å². The molecular weight excluding hydrogens is 280 g/mol. The van der Waals surface area contributed by atoms with E-state index in [1.807, 2.05) is 0 Å². The van der Waals surface area contributed by atoms with Gasteiger partial charge in [0.05, 0.1) is 13.2 Å². The van der Waals surface area contributed by atoms with Crippen LogP contribution in [-0.2, 0) is 11.3 Å². The van der Waals surface area contributed by atoms with E-state index in [1.165, 1.54) is 4.90 Å². The number of aromatic nitrogens is 3. The zero-order valence-electron chi connectivity index (χ0n) is 11.1. The molecule has 0 aliphatic heterocycles. The van der Waals surface area contributed by atoms with Gasteiger partial charge in [0.25, 0.3) is 5.91 Å². The summed E-state index contributed by atoms with van der Waals surface area (Å²) in [4.78, 5) is 36.1. The van der Waals surface area contributed by atoms with Crippen molar-refractivity contribution < 1.29 is 14.3 Å². The number of thiazole rings is 1. The predicted molar refractivity (Wildman–Crippen MR) is 72.5 cm³/mol. The van der Waals surface area contributed by atoms with Crippen LogP contribution in [0.5, 0.6) is 0 Å². The number of ether oxygens (including phenoxy) is 1. The number of rotatable bonds is 5. The fourth-order valence-electron chi connectivity index (χ4n) is 1.53. The van der Waals surface area contributed by atoms with E-state index in [0.29, 0.717) is 12.4 Å². The number of hydrogen-bond acceptors (Lipinski definition) is 6. The molecule has 0 saturated heterocycles. The highest BCUT2D eigenvalue weighted by molar-refractivity contribution is 7.11. The maximum atomic E-state index is 12.1. The van der Waals surface area contributed by atoms with Crippen LogP contribution in [0.3, 0.4) is 0 Å². The van der Waals surface area contributed by atoms with Gasteiger partial charge >= 0.3 is 5.97 Å². The molecule has 0 atom stereocenters. The number of carbonyl (C=O) groups excluding carboxylic acids is 2. The number of carbonyl (C=O) groups is 2. The van der Waals surface area contributed by atoms with Crippen molar-refractivity contribution in [1.82, 2.24) is 19.9 Å². The molecular formula is C12H14N4O3S. The molecule has 0 spiro atoms. The molecule has 20 heavy (non-hydrogen) atoms. The van der Waals surface area contributed by atoms with Crippen LogP contribution in [0.4, 0.5) is 0 Å². The number of hydrogen-bond donors (Lipinski definition) is 1. The van der Waals surface area contributed by atoms with E-state index >= 15 is 0 Å². The Bertz CT molecular complexity index is 594. The molecule has 0 bridgehead atoms. The van der Waals surface area contributed by atoms with Crippen molar-refractivity contribution in [2.24, 2.45) is 0 Å². The van der Waals surface area contributed by atoms with E-state index in [2.05, 4.69) is 15.0 Å². The Kier molecular flexibility index (Phi) is 4.46. The topological polar surface area (TPSA) is 88.2 Å². The first-order valence-corrected chi connectivity index (χ1v) is 6.86. The molecule has 0 saturated carbocycles. The number of imidazole rings is 1. The fraction of sp³-hybridized carbons (Fsp3) is 0.333. The first-order chi connectivity index (χ1) is 9.61. The van der Waals surface area contributed by atoms with Crippen LogP contribution in [-0.4, -0.2) is 45.4 Å². The van der Waals surface area contributed by atoms with Crippen molar-refractivity contribution in [3.8, 4) is 0 Å². The molecule has 0 fully saturated rings. The second kappa shape index (κ2) is 6.29. The lowest BCUT2D eigenvalue weighted by atomic mass is 10.4. The Morgan fingerprint density at radius 1 is 1.50 bits per heavy atom. The number of nitrogens with zero attached hydrogens (tertiary/aromatic N) is 3. The number of nitrogens with one attached hydrogen (secondary N) is 1. The lowest BCUT2D eigenvalue weighted by Gasteiger charge is -2.13. The molecule has 8 heteroatoms. The number of H-pyrrole nitrogens is 1. The summed E-state index contributed by atoms with van der Waals surface area (Å²) in [6, 6.07) is 0. The minimum atomic E-state index is -0.509. The maximum absolute atomic E-state index is 12.1. The highest BCUT2D eigenvalue weighted by Crippen LogP contribution is 2.13. The Balaban J connectivity index is 2.03. The van der Waals surface area contributed by atoms with Crippen molar-refractivity contribution in [2.45, 2.75) is 13.5 Å². The molecule has 0 aliphatic carbocycles. The van der Waals surface area contributed by atoms with Crippen molar-refractivity contribution in [3.63, 3.8) is 0 Å². The van der Waals surface area contributed by atoms with Crippen LogP contribution in [0, 0.1) is 0 Å². The highest BCUT2D eigenvalue weighted by Gasteiger charge is 2.19. The van der Waals surface area contributed by atoms with Crippen LogP contribution in [0.2, 0.25) is 0 Å². The van der Waals surface area contributed by atoms with Gasteiger partial charge in [0.15, 0.2) is 0 Å². The minimum Gasteiger partial charge on any atom is -0.461 e. The summed E-state index contributed by atoms with van der Waals surface area (Å²) >= 11 is 1.09. The highest BCUT2D eigenvalue weighted by atomic mass is 32.1. The lowest BCUT2D eigenvalue weighted by Crippen LogP contribution is -2.27. The Hall–Kier alpha value is -2.22. The molecule has 2 aromatic rings. The van der Waals surface area contributed by atoms with Crippen molar-refractivity contribution in [1.29, 1.82) is 0 Å². The van der Waals surface area contributed by atoms with Crippen LogP contribution in [0.15, 0.2) is 17.8 Å². The summed E-state index contributed by atoms with van der Waals surface area (Å²) in [5, 5.41) is 1.73. The molecule has 1 N–H and O–H groups in total. The quantitative estimate of drug-likeness (QED) is 0.840. The number of esters is 1. The predicted octanol–water partition coefficient (Wildman–Crippen LogP) is 1.32. The molecule has 2 heterocycles. The molecule has 0 aromatic carbocycles. The van der Waals surface area contributed by atoms with Gasteiger partial charge in [0, 0.05) is 24.8 Å². The molecule has 0 unspecified atom stereocenters. The summed E-state index contributed by atoms with van der Waals surface area (Å²) in [5.41, 5.74) is 0.229. The van der Waals surface area contributed by atoms with E-state index in [9.17, 15) is 9.59 Å². The van der Waals surface area contributed by atoms with Gasteiger partial charge in [0.1, 0.15) is 11.5 Å². The minimum absolute atomic E-state index is 0.182. The van der Waals surface area contributed by atoms with E-state index < -0.39 is 5.97 Å². The fourth-order valence-corrected chi connectivity index (χ4v) is 2.22. The molecule has 7 nitrogen and oxygen atoms in total. The van der Waals surface area contributed by atoms with E-state index in [1.54, 1.807) is 31.7 Å². The molecule has 106 valence electrons. The van der Waals surface area contributed by atoms with Crippen LogP contribution >= 0.6 is 11.3 Å². The number of aromatic amines is 1. The first kappa shape index (κ1) is 14.2. The van der Waals surface area contributed by atoms with Gasteiger partial charge < -0.3 is 14.6 Å². The van der Waals surface area contributed by atoms with Gasteiger partial charge in [-0.05, 0) is 6.92 Å². The average molecular weight is 294 g/mol. The van der Waals surface area contributed by atoms with Crippen molar-refractivity contribution in [3.05, 3.63) is 34.3 Å². The summed E-state index contributed by atoms with van der Waals surface area (Å²) in [7, 11) is 1.65. The second-order valence-corrected chi connectivity index (χ2v) is 4.81. The summed E-state index contributed by atoms with van der Waals surface area (Å²) < 4.78 is 4.84. The van der Waals surface area contributed by atoms with Gasteiger partial charge in [-0.15, -0.1) is 11.3 Å². The third-order valence-electron chi connectivity index (χ3n) is 2.46. The standard InChI is InChI=1S/C12H14N4O3S/c1-3-19-12(18)10-15-8(7-20-10)11(17)16(2)6-9-13-4-5-14-9/h4-5,7H,3,6H2,1-2H3,(H,13,14). The zero-order valence-corrected chi connectivity index (χ0v) is 11.9. The van der Waals surface area contributed by atoms with Gasteiger partial charge in [-0.2, -0.15) is 0 Å². The summed E-state index contributed by atoms with van der Waals surface area (Å²) in [6.45, 7) is 2.34. The second-order valence-electron chi connectivity index (χ2n) is 3.96. The molecule has 0 radical (unpaired) electrons. The first-order valence-electron chi connectivity index (χ1n) is 5.98. The smallest absolute Gasteiger partial charge is 0.367 e. The Morgan fingerprint density at radius 3 is 2.95 bits per heavy atom. The van der Waals surface area contributed by atoms with Gasteiger partial charge in [-0.25, -0.2) is 14.8 Å².